The van der Waals surface area contributed by atoms with Crippen LogP contribution in [0.25, 0.3) is 10.9 Å². The van der Waals surface area contributed by atoms with Crippen molar-refractivity contribution in [3.05, 3.63) is 36.4 Å². The lowest BCUT2D eigenvalue weighted by atomic mass is 10.2. The van der Waals surface area contributed by atoms with Crippen molar-refractivity contribution in [3.8, 4) is 6.07 Å². The molecule has 0 N–H and O–H groups in total. The highest BCUT2D eigenvalue weighted by atomic mass is 15.2. The summed E-state index contributed by atoms with van der Waals surface area (Å²) in [5.74, 6) is 0.911. The first-order valence-corrected chi connectivity index (χ1v) is 5.25. The van der Waals surface area contributed by atoms with Crippen molar-refractivity contribution in [1.82, 2.24) is 4.98 Å². The third kappa shape index (κ3) is 2.12. The van der Waals surface area contributed by atoms with Crippen LogP contribution in [-0.2, 0) is 0 Å². The molecule has 16 heavy (non-hydrogen) atoms. The Balaban J connectivity index is 2.29. The minimum Gasteiger partial charge on any atom is -0.359 e. The van der Waals surface area contributed by atoms with Crippen LogP contribution in [0.4, 0.5) is 5.82 Å². The first-order chi connectivity index (χ1) is 7.81. The van der Waals surface area contributed by atoms with Crippen LogP contribution in [0, 0.1) is 11.3 Å². The number of hydrogen-bond donors (Lipinski definition) is 0. The molecule has 0 saturated carbocycles. The van der Waals surface area contributed by atoms with E-state index in [-0.39, 0.29) is 0 Å². The number of nitrogens with zero attached hydrogens (tertiary/aromatic N) is 3. The van der Waals surface area contributed by atoms with Gasteiger partial charge in [0.2, 0.25) is 0 Å². The molecule has 0 saturated heterocycles. The SMILES string of the molecule is CN(CCC#N)c1ccc2ccccc2n1. The Morgan fingerprint density at radius 1 is 1.25 bits per heavy atom. The molecule has 0 unspecified atom stereocenters. The van der Waals surface area contributed by atoms with Crippen LogP contribution in [0.15, 0.2) is 36.4 Å². The van der Waals surface area contributed by atoms with E-state index in [0.717, 1.165) is 16.7 Å². The number of rotatable bonds is 3. The summed E-state index contributed by atoms with van der Waals surface area (Å²) in [4.78, 5) is 6.54. The number of nitriles is 1. The maximum Gasteiger partial charge on any atom is 0.129 e. The van der Waals surface area contributed by atoms with Crippen molar-refractivity contribution in [2.45, 2.75) is 6.42 Å². The van der Waals surface area contributed by atoms with Crippen LogP contribution in [0.2, 0.25) is 0 Å². The smallest absolute Gasteiger partial charge is 0.129 e. The minimum atomic E-state index is 0.519. The zero-order chi connectivity index (χ0) is 11.4. The molecule has 2 aromatic rings. The summed E-state index contributed by atoms with van der Waals surface area (Å²) >= 11 is 0. The second kappa shape index (κ2) is 4.63. The summed E-state index contributed by atoms with van der Waals surface area (Å²) in [6, 6.07) is 14.2. The number of para-hydroxylation sites is 1. The van der Waals surface area contributed by atoms with Gasteiger partial charge >= 0.3 is 0 Å². The second-order valence-electron chi connectivity index (χ2n) is 3.69. The van der Waals surface area contributed by atoms with E-state index in [1.54, 1.807) is 0 Å². The lowest BCUT2D eigenvalue weighted by Gasteiger charge is -2.16. The predicted molar refractivity (Wildman–Crippen MR) is 65.2 cm³/mol. The third-order valence-corrected chi connectivity index (χ3v) is 2.53. The number of fused-ring (bicyclic) bond motifs is 1. The Labute approximate surface area is 94.9 Å². The Bertz CT molecular complexity index is 528. The molecule has 3 heteroatoms. The molecule has 0 amide bonds. The molecular formula is C13H13N3. The molecule has 2 rings (SSSR count). The molecule has 1 heterocycles. The zero-order valence-electron chi connectivity index (χ0n) is 9.22. The van der Waals surface area contributed by atoms with Gasteiger partial charge in [-0.3, -0.25) is 0 Å². The molecule has 0 aliphatic carbocycles. The van der Waals surface area contributed by atoms with Gasteiger partial charge in [0.05, 0.1) is 18.0 Å². The van der Waals surface area contributed by atoms with Crippen LogP contribution in [0.3, 0.4) is 0 Å². The number of hydrogen-bond acceptors (Lipinski definition) is 3. The molecule has 1 aromatic carbocycles. The molecule has 1 aromatic heterocycles. The number of anilines is 1. The van der Waals surface area contributed by atoms with Crippen molar-refractivity contribution in [3.63, 3.8) is 0 Å². The predicted octanol–water partition coefficient (Wildman–Crippen LogP) is 2.58. The average molecular weight is 211 g/mol. The summed E-state index contributed by atoms with van der Waals surface area (Å²) in [5.41, 5.74) is 0.990. The highest BCUT2D eigenvalue weighted by Crippen LogP contribution is 2.16. The van der Waals surface area contributed by atoms with Crippen LogP contribution in [-0.4, -0.2) is 18.6 Å². The Kier molecular flexibility index (Phi) is 3.02. The van der Waals surface area contributed by atoms with Crippen molar-refractivity contribution in [1.29, 1.82) is 5.26 Å². The Morgan fingerprint density at radius 3 is 2.88 bits per heavy atom. The Morgan fingerprint density at radius 2 is 2.06 bits per heavy atom. The van der Waals surface area contributed by atoms with Crippen LogP contribution in [0.5, 0.6) is 0 Å². The van der Waals surface area contributed by atoms with Gasteiger partial charge in [0.15, 0.2) is 0 Å². The molecule has 3 nitrogen and oxygen atoms in total. The summed E-state index contributed by atoms with van der Waals surface area (Å²) in [6.07, 6.45) is 0.519. The molecule has 0 aliphatic heterocycles. The first kappa shape index (κ1) is 10.4. The van der Waals surface area contributed by atoms with E-state index in [9.17, 15) is 0 Å². The second-order valence-corrected chi connectivity index (χ2v) is 3.69. The largest absolute Gasteiger partial charge is 0.359 e. The van der Waals surface area contributed by atoms with E-state index >= 15 is 0 Å². The quantitative estimate of drug-likeness (QED) is 0.783. The summed E-state index contributed by atoms with van der Waals surface area (Å²) in [7, 11) is 1.95. The van der Waals surface area contributed by atoms with Gasteiger partial charge in [0, 0.05) is 19.0 Å². The molecule has 0 fully saturated rings. The van der Waals surface area contributed by atoms with E-state index in [0.29, 0.717) is 13.0 Å². The average Bonchev–Trinajstić information content (AvgIpc) is 2.35. The van der Waals surface area contributed by atoms with Crippen molar-refractivity contribution in [2.75, 3.05) is 18.5 Å². The van der Waals surface area contributed by atoms with E-state index in [1.165, 1.54) is 0 Å². The van der Waals surface area contributed by atoms with Crippen molar-refractivity contribution in [2.24, 2.45) is 0 Å². The van der Waals surface area contributed by atoms with Gasteiger partial charge in [-0.15, -0.1) is 0 Å². The summed E-state index contributed by atoms with van der Waals surface area (Å²) in [6.45, 7) is 0.710. The fraction of sp³-hybridized carbons (Fsp3) is 0.231. The van der Waals surface area contributed by atoms with Crippen molar-refractivity contribution < 1.29 is 0 Å². The van der Waals surface area contributed by atoms with E-state index in [1.807, 2.05) is 42.3 Å². The number of benzene rings is 1. The molecule has 0 bridgehead atoms. The van der Waals surface area contributed by atoms with E-state index in [4.69, 9.17) is 5.26 Å². The van der Waals surface area contributed by atoms with Gasteiger partial charge in [0.1, 0.15) is 5.82 Å². The van der Waals surface area contributed by atoms with Crippen LogP contribution < -0.4 is 4.90 Å². The van der Waals surface area contributed by atoms with Gasteiger partial charge < -0.3 is 4.90 Å². The normalized spacial score (nSPS) is 10.0. The fourth-order valence-electron chi connectivity index (χ4n) is 1.60. The topological polar surface area (TPSA) is 39.9 Å². The van der Waals surface area contributed by atoms with Gasteiger partial charge in [0.25, 0.3) is 0 Å². The van der Waals surface area contributed by atoms with Gasteiger partial charge in [-0.2, -0.15) is 5.26 Å². The third-order valence-electron chi connectivity index (χ3n) is 2.53. The van der Waals surface area contributed by atoms with Crippen LogP contribution in [0.1, 0.15) is 6.42 Å². The lowest BCUT2D eigenvalue weighted by molar-refractivity contribution is 0.889. The maximum atomic E-state index is 8.54. The minimum absolute atomic E-state index is 0.519. The summed E-state index contributed by atoms with van der Waals surface area (Å²) < 4.78 is 0. The molecule has 80 valence electrons. The lowest BCUT2D eigenvalue weighted by Crippen LogP contribution is -2.19. The van der Waals surface area contributed by atoms with E-state index < -0.39 is 0 Å². The summed E-state index contributed by atoms with van der Waals surface area (Å²) in [5, 5.41) is 9.68. The molecule has 0 radical (unpaired) electrons. The molecule has 0 atom stereocenters. The maximum absolute atomic E-state index is 8.54. The molecule has 0 spiro atoms. The monoisotopic (exact) mass is 211 g/mol. The van der Waals surface area contributed by atoms with E-state index in [2.05, 4.69) is 17.1 Å². The first-order valence-electron chi connectivity index (χ1n) is 5.25. The zero-order valence-corrected chi connectivity index (χ0v) is 9.22. The van der Waals surface area contributed by atoms with Gasteiger partial charge in [-0.05, 0) is 18.2 Å². The standard InChI is InChI=1S/C13H13N3/c1-16(10-4-9-14)13-8-7-11-5-2-3-6-12(11)15-13/h2-3,5-8H,4,10H2,1H3. The van der Waals surface area contributed by atoms with Crippen LogP contribution >= 0.6 is 0 Å². The molecule has 0 aliphatic rings. The Hall–Kier alpha value is -2.08. The molecular weight excluding hydrogens is 198 g/mol. The number of aromatic nitrogens is 1. The van der Waals surface area contributed by atoms with Gasteiger partial charge in [-0.25, -0.2) is 4.98 Å². The fourth-order valence-corrected chi connectivity index (χ4v) is 1.60. The highest BCUT2D eigenvalue weighted by Gasteiger charge is 2.02. The highest BCUT2D eigenvalue weighted by molar-refractivity contribution is 5.80. The van der Waals surface area contributed by atoms with Crippen molar-refractivity contribution >= 4 is 16.7 Å². The number of pyridine rings is 1. The van der Waals surface area contributed by atoms with Gasteiger partial charge in [-0.1, -0.05) is 18.2 Å².